The summed E-state index contributed by atoms with van der Waals surface area (Å²) < 4.78 is 7.30. The summed E-state index contributed by atoms with van der Waals surface area (Å²) in [6.07, 6.45) is 5.15. The number of carbonyl (C=O) groups is 3. The molecule has 0 radical (unpaired) electrons. The van der Waals surface area contributed by atoms with Crippen LogP contribution in [0.4, 0.5) is 0 Å². The molecule has 2 amide bonds. The van der Waals surface area contributed by atoms with Crippen LogP contribution in [-0.4, -0.2) is 40.5 Å². The maximum absolute atomic E-state index is 13.0. The molecule has 0 aliphatic carbocycles. The topological polar surface area (TPSA) is 119 Å². The SMILES string of the molecule is CCCOC(=O)c1ccc2c(C3=C(c4cn(CCCN)c5ccccc45)C(=O)NC3=O)c[nH]c2c1. The van der Waals surface area contributed by atoms with Crippen molar-refractivity contribution in [2.45, 2.75) is 26.3 Å². The summed E-state index contributed by atoms with van der Waals surface area (Å²) in [5.41, 5.74) is 9.74. The van der Waals surface area contributed by atoms with E-state index in [1.807, 2.05) is 37.4 Å². The number of nitrogens with zero attached hydrogens (tertiary/aromatic N) is 1. The number of ether oxygens (including phenoxy) is 1. The van der Waals surface area contributed by atoms with Gasteiger partial charge in [-0.2, -0.15) is 0 Å². The third kappa shape index (κ3) is 3.91. The molecule has 0 bridgehead atoms. The second kappa shape index (κ2) is 9.23. The van der Waals surface area contributed by atoms with Crippen LogP contribution in [0.25, 0.3) is 33.0 Å². The number of para-hydroxylation sites is 1. The van der Waals surface area contributed by atoms with Crippen molar-refractivity contribution < 1.29 is 19.1 Å². The van der Waals surface area contributed by atoms with Crippen molar-refractivity contribution in [3.05, 3.63) is 71.5 Å². The van der Waals surface area contributed by atoms with Crippen LogP contribution >= 0.6 is 0 Å². The van der Waals surface area contributed by atoms with Gasteiger partial charge in [-0.1, -0.05) is 31.2 Å². The van der Waals surface area contributed by atoms with Crippen molar-refractivity contribution in [1.29, 1.82) is 0 Å². The van der Waals surface area contributed by atoms with Gasteiger partial charge in [0.15, 0.2) is 0 Å². The lowest BCUT2D eigenvalue weighted by atomic mass is 9.95. The number of benzene rings is 2. The minimum Gasteiger partial charge on any atom is -0.462 e. The van der Waals surface area contributed by atoms with E-state index in [1.54, 1.807) is 24.4 Å². The zero-order valence-corrected chi connectivity index (χ0v) is 19.4. The minimum atomic E-state index is -0.448. The summed E-state index contributed by atoms with van der Waals surface area (Å²) in [6, 6.07) is 13.0. The first kappa shape index (κ1) is 22.6. The number of nitrogens with one attached hydrogen (secondary N) is 2. The van der Waals surface area contributed by atoms with Gasteiger partial charge in [-0.05, 0) is 37.6 Å². The number of aryl methyl sites for hydroxylation is 1. The molecular formula is C27H26N4O4. The average molecular weight is 471 g/mol. The molecule has 0 atom stereocenters. The first-order valence-electron chi connectivity index (χ1n) is 11.7. The lowest BCUT2D eigenvalue weighted by molar-refractivity contribution is -0.122. The monoisotopic (exact) mass is 470 g/mol. The second-order valence-electron chi connectivity index (χ2n) is 8.53. The van der Waals surface area contributed by atoms with E-state index in [4.69, 9.17) is 10.5 Å². The minimum absolute atomic E-state index is 0.310. The summed E-state index contributed by atoms with van der Waals surface area (Å²) in [6.45, 7) is 3.55. The molecule has 1 aliphatic heterocycles. The van der Waals surface area contributed by atoms with Crippen molar-refractivity contribution >= 4 is 50.7 Å². The predicted molar refractivity (Wildman–Crippen MR) is 134 cm³/mol. The summed E-state index contributed by atoms with van der Waals surface area (Å²) in [5, 5.41) is 4.10. The second-order valence-corrected chi connectivity index (χ2v) is 8.53. The summed E-state index contributed by atoms with van der Waals surface area (Å²) in [5.74, 6) is -1.28. The highest BCUT2D eigenvalue weighted by Crippen LogP contribution is 2.38. The molecule has 1 aliphatic rings. The predicted octanol–water partition coefficient (Wildman–Crippen LogP) is 3.61. The van der Waals surface area contributed by atoms with Crippen LogP contribution in [0.1, 0.15) is 41.3 Å². The highest BCUT2D eigenvalue weighted by atomic mass is 16.5. The van der Waals surface area contributed by atoms with Crippen LogP contribution in [0.2, 0.25) is 0 Å². The van der Waals surface area contributed by atoms with Crippen LogP contribution < -0.4 is 11.1 Å². The summed E-state index contributed by atoms with van der Waals surface area (Å²) in [4.78, 5) is 41.5. The number of rotatable bonds is 8. The van der Waals surface area contributed by atoms with E-state index in [9.17, 15) is 14.4 Å². The number of esters is 1. The molecule has 0 spiro atoms. The highest BCUT2D eigenvalue weighted by molar-refractivity contribution is 6.50. The standard InChI is InChI=1S/C27H26N4O4/c1-2-12-35-27(34)16-8-9-17-19(14-29-21(17)13-16)23-24(26(33)30-25(23)32)20-15-31(11-5-10-28)22-7-4-3-6-18(20)22/h3-4,6-9,13-15,29H,2,5,10-12,28H2,1H3,(H,30,32,33). The Kier molecular flexibility index (Phi) is 5.96. The van der Waals surface area contributed by atoms with E-state index in [-0.39, 0.29) is 0 Å². The van der Waals surface area contributed by atoms with Crippen molar-refractivity contribution in [1.82, 2.24) is 14.9 Å². The van der Waals surface area contributed by atoms with Crippen LogP contribution in [0, 0.1) is 0 Å². The highest BCUT2D eigenvalue weighted by Gasteiger charge is 2.35. The Labute approximate surface area is 201 Å². The molecule has 8 nitrogen and oxygen atoms in total. The van der Waals surface area contributed by atoms with Crippen molar-refractivity contribution in [2.75, 3.05) is 13.2 Å². The number of hydrogen-bond donors (Lipinski definition) is 3. The van der Waals surface area contributed by atoms with E-state index in [0.717, 1.165) is 29.1 Å². The van der Waals surface area contributed by atoms with Gasteiger partial charge in [0.25, 0.3) is 11.8 Å². The van der Waals surface area contributed by atoms with E-state index >= 15 is 0 Å². The molecule has 0 saturated heterocycles. The lowest BCUT2D eigenvalue weighted by Crippen LogP contribution is -2.22. The molecule has 3 heterocycles. The molecule has 0 unspecified atom stereocenters. The van der Waals surface area contributed by atoms with Crippen molar-refractivity contribution in [3.63, 3.8) is 0 Å². The van der Waals surface area contributed by atoms with E-state index in [2.05, 4.69) is 14.9 Å². The normalized spacial score (nSPS) is 13.8. The smallest absolute Gasteiger partial charge is 0.338 e. The first-order chi connectivity index (χ1) is 17.0. The number of nitrogens with two attached hydrogens (primary N) is 1. The quantitative estimate of drug-likeness (QED) is 0.269. The maximum atomic E-state index is 13.0. The average Bonchev–Trinajstić information content (AvgIpc) is 3.53. The number of aromatic amines is 1. The number of fused-ring (bicyclic) bond motifs is 2. The van der Waals surface area contributed by atoms with Gasteiger partial charge >= 0.3 is 5.97 Å². The van der Waals surface area contributed by atoms with Crippen LogP contribution in [-0.2, 0) is 20.9 Å². The third-order valence-corrected chi connectivity index (χ3v) is 6.22. The molecule has 4 N–H and O–H groups in total. The summed E-state index contributed by atoms with van der Waals surface area (Å²) in [7, 11) is 0. The van der Waals surface area contributed by atoms with Gasteiger partial charge in [0, 0.05) is 51.9 Å². The molecule has 0 fully saturated rings. The van der Waals surface area contributed by atoms with Gasteiger partial charge in [0.2, 0.25) is 0 Å². The van der Waals surface area contributed by atoms with Crippen LogP contribution in [0.3, 0.4) is 0 Å². The van der Waals surface area contributed by atoms with Gasteiger partial charge in [-0.3, -0.25) is 14.9 Å². The number of aromatic nitrogens is 2. The molecule has 5 rings (SSSR count). The number of amides is 2. The zero-order chi connectivity index (χ0) is 24.5. The van der Waals surface area contributed by atoms with Crippen molar-refractivity contribution in [2.24, 2.45) is 5.73 Å². The van der Waals surface area contributed by atoms with Gasteiger partial charge in [0.1, 0.15) is 0 Å². The van der Waals surface area contributed by atoms with Gasteiger partial charge in [-0.15, -0.1) is 0 Å². The van der Waals surface area contributed by atoms with E-state index < -0.39 is 17.8 Å². The molecule has 0 saturated carbocycles. The van der Waals surface area contributed by atoms with Crippen LogP contribution in [0.15, 0.2) is 54.9 Å². The molecule has 35 heavy (non-hydrogen) atoms. The fourth-order valence-electron chi connectivity index (χ4n) is 4.60. The number of carbonyl (C=O) groups excluding carboxylic acids is 3. The number of imide groups is 1. The first-order valence-corrected chi connectivity index (χ1v) is 11.7. The Morgan fingerprint density at radius 2 is 1.80 bits per heavy atom. The number of H-pyrrole nitrogens is 1. The van der Waals surface area contributed by atoms with E-state index in [0.29, 0.717) is 53.0 Å². The van der Waals surface area contributed by atoms with Crippen molar-refractivity contribution in [3.8, 4) is 0 Å². The lowest BCUT2D eigenvalue weighted by Gasteiger charge is -2.05. The van der Waals surface area contributed by atoms with Gasteiger partial charge < -0.3 is 20.0 Å². The van der Waals surface area contributed by atoms with Gasteiger partial charge in [-0.25, -0.2) is 4.79 Å². The maximum Gasteiger partial charge on any atom is 0.338 e. The number of hydrogen-bond acceptors (Lipinski definition) is 5. The fourth-order valence-corrected chi connectivity index (χ4v) is 4.60. The molecule has 2 aromatic heterocycles. The molecular weight excluding hydrogens is 444 g/mol. The fraction of sp³-hybridized carbons (Fsp3) is 0.222. The molecule has 2 aromatic carbocycles. The Hall–Kier alpha value is -4.17. The molecule has 178 valence electrons. The Morgan fingerprint density at radius 3 is 2.57 bits per heavy atom. The molecule has 8 heteroatoms. The Morgan fingerprint density at radius 1 is 1.03 bits per heavy atom. The van der Waals surface area contributed by atoms with Gasteiger partial charge in [0.05, 0.1) is 23.3 Å². The largest absolute Gasteiger partial charge is 0.462 e. The zero-order valence-electron chi connectivity index (χ0n) is 19.4. The summed E-state index contributed by atoms with van der Waals surface area (Å²) >= 11 is 0. The third-order valence-electron chi connectivity index (χ3n) is 6.22. The van der Waals surface area contributed by atoms with E-state index in [1.165, 1.54) is 0 Å². The Bertz CT molecular complexity index is 1510. The van der Waals surface area contributed by atoms with Crippen LogP contribution in [0.5, 0.6) is 0 Å². The Balaban J connectivity index is 1.65. The molecule has 4 aromatic rings.